The molecule has 1 heterocycles. The molecule has 108 valence electrons. The number of benzene rings is 1. The van der Waals surface area contributed by atoms with Crippen molar-refractivity contribution in [2.45, 2.75) is 6.92 Å². The van der Waals surface area contributed by atoms with Crippen molar-refractivity contribution in [3.05, 3.63) is 22.2 Å². The van der Waals surface area contributed by atoms with E-state index in [9.17, 15) is 14.9 Å². The van der Waals surface area contributed by atoms with Gasteiger partial charge in [-0.25, -0.2) is 0 Å². The molecule has 0 radical (unpaired) electrons. The monoisotopic (exact) mass is 281 g/mol. The molecular weight excluding hydrogens is 266 g/mol. The predicted octanol–water partition coefficient (Wildman–Crippen LogP) is 0.914. The Bertz CT molecular complexity index is 532. The molecule has 1 aromatic carbocycles. The van der Waals surface area contributed by atoms with E-state index in [1.165, 1.54) is 12.1 Å². The first-order chi connectivity index (χ1) is 9.61. The summed E-state index contributed by atoms with van der Waals surface area (Å²) in [5.41, 5.74) is 0.196. The minimum absolute atomic E-state index is 0.109. The molecule has 1 aliphatic rings. The van der Waals surface area contributed by atoms with Crippen molar-refractivity contribution >= 4 is 17.3 Å². The smallest absolute Gasteiger partial charge is 0.314 e. The third-order valence-electron chi connectivity index (χ3n) is 2.68. The highest BCUT2D eigenvalue weighted by molar-refractivity contribution is 5.96. The van der Waals surface area contributed by atoms with E-state index in [4.69, 9.17) is 9.47 Å². The molecule has 0 bridgehead atoms. The summed E-state index contributed by atoms with van der Waals surface area (Å²) >= 11 is 0. The maximum Gasteiger partial charge on any atom is 0.314 e. The summed E-state index contributed by atoms with van der Waals surface area (Å²) in [6.07, 6.45) is 0. The fraction of sp³-hybridized carbons (Fsp3) is 0.417. The Morgan fingerprint density at radius 1 is 1.55 bits per heavy atom. The molecule has 1 amide bonds. The van der Waals surface area contributed by atoms with Crippen molar-refractivity contribution in [3.63, 3.8) is 0 Å². The van der Waals surface area contributed by atoms with Gasteiger partial charge in [-0.2, -0.15) is 0 Å². The first kappa shape index (κ1) is 14.1. The molecule has 0 aliphatic carbocycles. The minimum Gasteiger partial charge on any atom is -0.485 e. The molecule has 0 unspecified atom stereocenters. The number of nitro benzene ring substituents is 1. The second-order valence-electron chi connectivity index (χ2n) is 4.11. The van der Waals surface area contributed by atoms with Gasteiger partial charge in [-0.05, 0) is 6.54 Å². The van der Waals surface area contributed by atoms with Crippen LogP contribution in [-0.4, -0.2) is 37.1 Å². The Labute approximate surface area is 115 Å². The average molecular weight is 281 g/mol. The van der Waals surface area contributed by atoms with E-state index in [0.29, 0.717) is 18.8 Å². The van der Waals surface area contributed by atoms with E-state index in [1.54, 1.807) is 0 Å². The molecular formula is C12H15N3O5. The molecule has 1 aliphatic heterocycles. The first-order valence-electron chi connectivity index (χ1n) is 6.20. The van der Waals surface area contributed by atoms with Crippen LogP contribution in [0.2, 0.25) is 0 Å². The number of nitro groups is 1. The number of likely N-dealkylation sites (N-methyl/N-ethyl adjacent to an activating group) is 1. The highest BCUT2D eigenvalue weighted by atomic mass is 16.6. The molecule has 0 saturated carbocycles. The largest absolute Gasteiger partial charge is 0.485 e. The lowest BCUT2D eigenvalue weighted by Gasteiger charge is -2.18. The van der Waals surface area contributed by atoms with Crippen LogP contribution in [0.1, 0.15) is 6.92 Å². The molecule has 8 heteroatoms. The number of ether oxygens (including phenoxy) is 2. The van der Waals surface area contributed by atoms with Gasteiger partial charge in [-0.15, -0.1) is 0 Å². The van der Waals surface area contributed by atoms with Crippen LogP contribution in [0.5, 0.6) is 11.5 Å². The lowest BCUT2D eigenvalue weighted by molar-refractivity contribution is -0.385. The van der Waals surface area contributed by atoms with Crippen LogP contribution < -0.4 is 20.1 Å². The van der Waals surface area contributed by atoms with Crippen molar-refractivity contribution in [2.75, 3.05) is 31.6 Å². The van der Waals surface area contributed by atoms with Gasteiger partial charge in [-0.1, -0.05) is 6.92 Å². The predicted molar refractivity (Wildman–Crippen MR) is 71.3 cm³/mol. The molecule has 0 atom stereocenters. The highest BCUT2D eigenvalue weighted by Gasteiger charge is 2.24. The van der Waals surface area contributed by atoms with E-state index in [1.807, 2.05) is 6.92 Å². The van der Waals surface area contributed by atoms with Gasteiger partial charge in [0, 0.05) is 12.6 Å². The molecule has 0 fully saturated rings. The van der Waals surface area contributed by atoms with Gasteiger partial charge >= 0.3 is 5.69 Å². The Hall–Kier alpha value is -2.35. The standard InChI is InChI=1S/C12H15N3O5/c1-2-13-3-4-19-11-5-8-10(6-9(11)15(17)18)20-7-12(16)14-8/h5-6,13H,2-4,7H2,1H3,(H,14,16). The average Bonchev–Trinajstić information content (AvgIpc) is 2.42. The van der Waals surface area contributed by atoms with Gasteiger partial charge in [0.25, 0.3) is 5.91 Å². The third-order valence-corrected chi connectivity index (χ3v) is 2.68. The van der Waals surface area contributed by atoms with Gasteiger partial charge in [-0.3, -0.25) is 14.9 Å². The van der Waals surface area contributed by atoms with E-state index >= 15 is 0 Å². The van der Waals surface area contributed by atoms with Crippen LogP contribution in [0.3, 0.4) is 0 Å². The zero-order valence-electron chi connectivity index (χ0n) is 11.0. The Balaban J connectivity index is 2.21. The summed E-state index contributed by atoms with van der Waals surface area (Å²) in [6, 6.07) is 2.67. The van der Waals surface area contributed by atoms with Crippen molar-refractivity contribution in [2.24, 2.45) is 0 Å². The van der Waals surface area contributed by atoms with Crippen LogP contribution in [0.25, 0.3) is 0 Å². The second-order valence-corrected chi connectivity index (χ2v) is 4.11. The molecule has 1 aromatic rings. The maximum atomic E-state index is 11.2. The lowest BCUT2D eigenvalue weighted by Crippen LogP contribution is -2.25. The van der Waals surface area contributed by atoms with Gasteiger partial charge < -0.3 is 20.1 Å². The molecule has 20 heavy (non-hydrogen) atoms. The zero-order chi connectivity index (χ0) is 14.5. The van der Waals surface area contributed by atoms with Crippen LogP contribution in [0, 0.1) is 10.1 Å². The fourth-order valence-electron chi connectivity index (χ4n) is 1.76. The number of hydrogen-bond acceptors (Lipinski definition) is 6. The molecule has 0 spiro atoms. The topological polar surface area (TPSA) is 103 Å². The fourth-order valence-corrected chi connectivity index (χ4v) is 1.76. The summed E-state index contributed by atoms with van der Waals surface area (Å²) in [5.74, 6) is 0.0812. The highest BCUT2D eigenvalue weighted by Crippen LogP contribution is 2.39. The molecule has 8 nitrogen and oxygen atoms in total. The number of carbonyl (C=O) groups excluding carboxylic acids is 1. The van der Waals surface area contributed by atoms with Gasteiger partial charge in [0.2, 0.25) is 0 Å². The Morgan fingerprint density at radius 2 is 2.35 bits per heavy atom. The number of carbonyl (C=O) groups is 1. The summed E-state index contributed by atoms with van der Waals surface area (Å²) in [5, 5.41) is 16.7. The Morgan fingerprint density at radius 3 is 3.05 bits per heavy atom. The van der Waals surface area contributed by atoms with Crippen molar-refractivity contribution in [1.29, 1.82) is 0 Å². The third kappa shape index (κ3) is 3.15. The molecule has 0 saturated heterocycles. The van der Waals surface area contributed by atoms with E-state index in [0.717, 1.165) is 6.54 Å². The number of rotatable bonds is 6. The normalized spacial score (nSPS) is 13.2. The molecule has 2 N–H and O–H groups in total. The lowest BCUT2D eigenvalue weighted by atomic mass is 10.2. The molecule has 0 aromatic heterocycles. The summed E-state index contributed by atoms with van der Waals surface area (Å²) in [7, 11) is 0. The van der Waals surface area contributed by atoms with Gasteiger partial charge in [0.05, 0.1) is 16.7 Å². The number of anilines is 1. The van der Waals surface area contributed by atoms with Crippen LogP contribution in [0.15, 0.2) is 12.1 Å². The second kappa shape index (κ2) is 6.20. The van der Waals surface area contributed by atoms with Gasteiger partial charge in [0.15, 0.2) is 18.1 Å². The SMILES string of the molecule is CCNCCOc1cc2c(cc1[N+](=O)[O-])OCC(=O)N2. The summed E-state index contributed by atoms with van der Waals surface area (Å²) in [6.45, 7) is 3.47. The van der Waals surface area contributed by atoms with E-state index in [2.05, 4.69) is 10.6 Å². The summed E-state index contributed by atoms with van der Waals surface area (Å²) < 4.78 is 10.5. The number of fused-ring (bicyclic) bond motifs is 1. The van der Waals surface area contributed by atoms with Crippen molar-refractivity contribution in [3.8, 4) is 11.5 Å². The Kier molecular flexibility index (Phi) is 4.36. The summed E-state index contributed by atoms with van der Waals surface area (Å²) in [4.78, 5) is 21.7. The molecule has 2 rings (SSSR count). The minimum atomic E-state index is -0.539. The van der Waals surface area contributed by atoms with E-state index in [-0.39, 0.29) is 29.7 Å². The van der Waals surface area contributed by atoms with Crippen molar-refractivity contribution in [1.82, 2.24) is 5.32 Å². The quantitative estimate of drug-likeness (QED) is 0.456. The van der Waals surface area contributed by atoms with Crippen LogP contribution in [0.4, 0.5) is 11.4 Å². The first-order valence-corrected chi connectivity index (χ1v) is 6.20. The number of amides is 1. The van der Waals surface area contributed by atoms with Gasteiger partial charge in [0.1, 0.15) is 6.61 Å². The number of nitrogens with zero attached hydrogens (tertiary/aromatic N) is 1. The van der Waals surface area contributed by atoms with E-state index < -0.39 is 4.92 Å². The number of nitrogens with one attached hydrogen (secondary N) is 2. The van der Waals surface area contributed by atoms with Crippen LogP contribution >= 0.6 is 0 Å². The number of hydrogen-bond donors (Lipinski definition) is 2. The zero-order valence-corrected chi connectivity index (χ0v) is 11.0. The van der Waals surface area contributed by atoms with Crippen molar-refractivity contribution < 1.29 is 19.2 Å². The van der Waals surface area contributed by atoms with Crippen LogP contribution in [-0.2, 0) is 4.79 Å². The maximum absolute atomic E-state index is 11.2.